The Kier molecular flexibility index (Phi) is 8.72. The number of hydrogen-bond acceptors (Lipinski definition) is 2. The molecule has 0 radical (unpaired) electrons. The lowest BCUT2D eigenvalue weighted by molar-refractivity contribution is 0.0905. The highest BCUT2D eigenvalue weighted by molar-refractivity contribution is 6.07. The second-order valence-electron chi connectivity index (χ2n) is 12.0. The lowest BCUT2D eigenvalue weighted by Crippen LogP contribution is -2.33. The van der Waals surface area contributed by atoms with Gasteiger partial charge in [-0.3, -0.25) is 9.59 Å². The highest BCUT2D eigenvalue weighted by atomic mass is 16.1. The van der Waals surface area contributed by atoms with Gasteiger partial charge in [-0.15, -0.1) is 0 Å². The number of carbonyl (C=O) groups is 2. The minimum Gasteiger partial charge on any atom is -0.298 e. The molecule has 0 aliphatic carbocycles. The van der Waals surface area contributed by atoms with Crippen LogP contribution in [-0.2, 0) is 5.41 Å². The molecule has 2 nitrogen and oxygen atoms in total. The summed E-state index contributed by atoms with van der Waals surface area (Å²) in [4.78, 5) is 26.9. The van der Waals surface area contributed by atoms with Crippen molar-refractivity contribution in [3.8, 4) is 0 Å². The van der Waals surface area contributed by atoms with Crippen LogP contribution >= 0.6 is 0 Å². The van der Waals surface area contributed by atoms with Gasteiger partial charge >= 0.3 is 0 Å². The maximum absolute atomic E-state index is 14.5. The summed E-state index contributed by atoms with van der Waals surface area (Å²) in [6.45, 7) is 25.6. The largest absolute Gasteiger partial charge is 0.298 e. The zero-order valence-corrected chi connectivity index (χ0v) is 23.6. The van der Waals surface area contributed by atoms with Gasteiger partial charge in [0.05, 0.1) is 5.41 Å². The molecular weight excluding hydrogens is 416 g/mol. The SMILES string of the molecule is CC(C)c1cc(C(C)C)c(C(=O)C(C)(C)c2cc(C(C)C)cc(C(C)C)c2C=O)c(C(C)C)c1. The van der Waals surface area contributed by atoms with Gasteiger partial charge in [0.15, 0.2) is 12.1 Å². The molecule has 0 atom stereocenters. The summed E-state index contributed by atoms with van der Waals surface area (Å²) in [5.41, 5.74) is 7.24. The molecule has 0 saturated heterocycles. The van der Waals surface area contributed by atoms with E-state index in [-0.39, 0.29) is 23.5 Å². The van der Waals surface area contributed by atoms with Crippen molar-refractivity contribution in [2.24, 2.45) is 0 Å². The summed E-state index contributed by atoms with van der Waals surface area (Å²) >= 11 is 0. The van der Waals surface area contributed by atoms with Crippen molar-refractivity contribution >= 4 is 12.1 Å². The summed E-state index contributed by atoms with van der Waals surface area (Å²) in [7, 11) is 0. The molecule has 2 rings (SSSR count). The monoisotopic (exact) mass is 462 g/mol. The summed E-state index contributed by atoms with van der Waals surface area (Å²) in [5, 5.41) is 0. The Morgan fingerprint density at radius 1 is 0.647 bits per heavy atom. The zero-order chi connectivity index (χ0) is 26.1. The van der Waals surface area contributed by atoms with Gasteiger partial charge < -0.3 is 0 Å². The predicted molar refractivity (Wildman–Crippen MR) is 146 cm³/mol. The van der Waals surface area contributed by atoms with E-state index < -0.39 is 5.41 Å². The number of benzene rings is 2. The number of ketones is 1. The van der Waals surface area contributed by atoms with Crippen LogP contribution in [0.3, 0.4) is 0 Å². The Morgan fingerprint density at radius 3 is 1.38 bits per heavy atom. The average molecular weight is 463 g/mol. The molecule has 0 N–H and O–H groups in total. The summed E-state index contributed by atoms with van der Waals surface area (Å²) in [6, 6.07) is 8.72. The summed E-state index contributed by atoms with van der Waals surface area (Å²) < 4.78 is 0. The van der Waals surface area contributed by atoms with Crippen molar-refractivity contribution in [2.75, 3.05) is 0 Å². The van der Waals surface area contributed by atoms with Crippen LogP contribution in [-0.4, -0.2) is 12.1 Å². The standard InChI is InChI=1S/C32H46O2/c1-18(2)23-14-26(21(7)8)30(27(15-23)22(9)10)31(34)32(11,12)29-16-24(19(3)4)13-25(20(5)6)28(29)17-33/h13-22H,1-12H3. The van der Waals surface area contributed by atoms with Gasteiger partial charge in [-0.25, -0.2) is 0 Å². The number of Topliss-reactive ketones (excluding diaryl/α,β-unsaturated/α-hetero) is 1. The first-order valence-electron chi connectivity index (χ1n) is 13.0. The van der Waals surface area contributed by atoms with Crippen molar-refractivity contribution in [3.05, 3.63) is 68.8 Å². The molecule has 0 heterocycles. The third-order valence-electron chi connectivity index (χ3n) is 7.24. The van der Waals surface area contributed by atoms with E-state index in [4.69, 9.17) is 0 Å². The summed E-state index contributed by atoms with van der Waals surface area (Å²) in [5.74, 6) is 1.46. The zero-order valence-electron chi connectivity index (χ0n) is 23.6. The van der Waals surface area contributed by atoms with Crippen LogP contribution in [0.2, 0.25) is 0 Å². The molecule has 186 valence electrons. The highest BCUT2D eigenvalue weighted by Crippen LogP contribution is 2.40. The molecule has 0 bridgehead atoms. The fourth-order valence-electron chi connectivity index (χ4n) is 4.81. The first kappa shape index (κ1) is 28.0. The molecule has 0 saturated carbocycles. The second-order valence-corrected chi connectivity index (χ2v) is 12.0. The van der Waals surface area contributed by atoms with E-state index in [1.165, 1.54) is 11.1 Å². The Labute approximate surface area is 208 Å². The Hall–Kier alpha value is -2.22. The van der Waals surface area contributed by atoms with Gasteiger partial charge in [0.25, 0.3) is 0 Å². The molecule has 2 aromatic rings. The normalized spacial score (nSPS) is 12.5. The van der Waals surface area contributed by atoms with Gasteiger partial charge in [0.1, 0.15) is 0 Å². The van der Waals surface area contributed by atoms with E-state index in [2.05, 4.69) is 93.5 Å². The van der Waals surface area contributed by atoms with Crippen LogP contribution in [0.5, 0.6) is 0 Å². The fraction of sp³-hybridized carbons (Fsp3) is 0.562. The van der Waals surface area contributed by atoms with Gasteiger partial charge in [-0.1, -0.05) is 93.5 Å². The fourth-order valence-corrected chi connectivity index (χ4v) is 4.81. The molecule has 0 aliphatic rings. The maximum atomic E-state index is 14.5. The van der Waals surface area contributed by atoms with Crippen molar-refractivity contribution in [1.29, 1.82) is 0 Å². The molecule has 0 aliphatic heterocycles. The first-order valence-corrected chi connectivity index (χ1v) is 13.0. The Bertz CT molecular complexity index is 1020. The Morgan fingerprint density at radius 2 is 1.03 bits per heavy atom. The van der Waals surface area contributed by atoms with E-state index in [9.17, 15) is 9.59 Å². The average Bonchev–Trinajstić information content (AvgIpc) is 2.75. The van der Waals surface area contributed by atoms with Crippen molar-refractivity contribution in [2.45, 2.75) is 118 Å². The molecular formula is C32H46O2. The molecule has 0 fully saturated rings. The van der Waals surface area contributed by atoms with Gasteiger partial charge in [-0.2, -0.15) is 0 Å². The van der Waals surface area contributed by atoms with Crippen LogP contribution in [0.1, 0.15) is 167 Å². The van der Waals surface area contributed by atoms with Crippen molar-refractivity contribution < 1.29 is 9.59 Å². The van der Waals surface area contributed by atoms with Crippen molar-refractivity contribution in [3.63, 3.8) is 0 Å². The lowest BCUT2D eigenvalue weighted by Gasteiger charge is -2.32. The molecule has 0 aromatic heterocycles. The van der Waals surface area contributed by atoms with Crippen LogP contribution in [0.25, 0.3) is 0 Å². The number of carbonyl (C=O) groups excluding carboxylic acids is 2. The van der Waals surface area contributed by atoms with Crippen LogP contribution in [0.4, 0.5) is 0 Å². The molecule has 0 amide bonds. The van der Waals surface area contributed by atoms with Crippen LogP contribution < -0.4 is 0 Å². The van der Waals surface area contributed by atoms with E-state index >= 15 is 0 Å². The Balaban J connectivity index is 2.91. The topological polar surface area (TPSA) is 34.1 Å². The van der Waals surface area contributed by atoms with E-state index in [0.29, 0.717) is 17.4 Å². The van der Waals surface area contributed by atoms with E-state index in [1.54, 1.807) is 0 Å². The summed E-state index contributed by atoms with van der Waals surface area (Å²) in [6.07, 6.45) is 0.957. The minimum absolute atomic E-state index is 0.105. The highest BCUT2D eigenvalue weighted by Gasteiger charge is 2.37. The molecule has 34 heavy (non-hydrogen) atoms. The lowest BCUT2D eigenvalue weighted by atomic mass is 9.70. The van der Waals surface area contributed by atoms with E-state index in [0.717, 1.165) is 34.1 Å². The predicted octanol–water partition coefficient (Wildman–Crippen LogP) is 9.28. The second kappa shape index (κ2) is 10.6. The quantitative estimate of drug-likeness (QED) is 0.275. The third kappa shape index (κ3) is 5.37. The van der Waals surface area contributed by atoms with Gasteiger partial charge in [0.2, 0.25) is 0 Å². The maximum Gasteiger partial charge on any atom is 0.173 e. The van der Waals surface area contributed by atoms with Crippen LogP contribution in [0.15, 0.2) is 24.3 Å². The molecule has 2 aromatic carbocycles. The van der Waals surface area contributed by atoms with E-state index in [1.807, 2.05) is 13.8 Å². The number of hydrogen-bond donors (Lipinski definition) is 0. The first-order chi connectivity index (χ1) is 15.6. The minimum atomic E-state index is -0.836. The number of aldehydes is 1. The smallest absolute Gasteiger partial charge is 0.173 e. The van der Waals surface area contributed by atoms with Crippen molar-refractivity contribution in [1.82, 2.24) is 0 Å². The van der Waals surface area contributed by atoms with Gasteiger partial charge in [-0.05, 0) is 76.8 Å². The van der Waals surface area contributed by atoms with Gasteiger partial charge in [0, 0.05) is 11.1 Å². The molecule has 2 heteroatoms. The third-order valence-corrected chi connectivity index (χ3v) is 7.24. The molecule has 0 unspecified atom stereocenters. The van der Waals surface area contributed by atoms with Crippen LogP contribution in [0, 0.1) is 0 Å². The number of rotatable bonds is 9. The molecule has 0 spiro atoms.